The molecule has 8 heteroatoms. The van der Waals surface area contributed by atoms with Gasteiger partial charge in [0.25, 0.3) is 0 Å². The van der Waals surface area contributed by atoms with Gasteiger partial charge in [0, 0.05) is 31.0 Å². The van der Waals surface area contributed by atoms with Crippen molar-refractivity contribution in [3.63, 3.8) is 0 Å². The van der Waals surface area contributed by atoms with E-state index in [1.54, 1.807) is 16.1 Å². The number of aromatic nitrogens is 3. The fraction of sp³-hybridized carbons (Fsp3) is 0.542. The molecule has 3 heterocycles. The van der Waals surface area contributed by atoms with Gasteiger partial charge < -0.3 is 14.5 Å². The van der Waals surface area contributed by atoms with Crippen LogP contribution in [0, 0.1) is 0 Å². The molecule has 0 bridgehead atoms. The molecule has 0 aromatic carbocycles. The number of ether oxygens (including phenoxy) is 1. The first kappa shape index (κ1) is 23.6. The molecule has 0 N–H and O–H groups in total. The zero-order valence-corrected chi connectivity index (χ0v) is 19.8. The minimum Gasteiger partial charge on any atom is -0.444 e. The van der Waals surface area contributed by atoms with E-state index >= 15 is 0 Å². The lowest BCUT2D eigenvalue weighted by atomic mass is 10.00. The van der Waals surface area contributed by atoms with Gasteiger partial charge in [-0.05, 0) is 56.9 Å². The van der Waals surface area contributed by atoms with Crippen molar-refractivity contribution in [2.75, 3.05) is 19.6 Å². The van der Waals surface area contributed by atoms with Gasteiger partial charge in [0.2, 0.25) is 6.41 Å². The van der Waals surface area contributed by atoms with Gasteiger partial charge in [-0.15, -0.1) is 0 Å². The minimum absolute atomic E-state index is 0.275. The van der Waals surface area contributed by atoms with E-state index in [9.17, 15) is 9.59 Å². The molecule has 3 rings (SSSR count). The molecule has 1 fully saturated rings. The maximum Gasteiger partial charge on any atom is 0.410 e. The second-order valence-electron chi connectivity index (χ2n) is 9.40. The summed E-state index contributed by atoms with van der Waals surface area (Å²) in [6.07, 6.45) is 2.79. The van der Waals surface area contributed by atoms with Crippen LogP contribution < -0.4 is 0 Å². The smallest absolute Gasteiger partial charge is 0.410 e. The summed E-state index contributed by atoms with van der Waals surface area (Å²) in [7, 11) is 0. The summed E-state index contributed by atoms with van der Waals surface area (Å²) in [5.41, 5.74) is 3.69. The molecule has 1 aliphatic heterocycles. The lowest BCUT2D eigenvalue weighted by Crippen LogP contribution is -2.51. The van der Waals surface area contributed by atoms with Gasteiger partial charge in [-0.1, -0.05) is 20.8 Å². The van der Waals surface area contributed by atoms with Gasteiger partial charge in [-0.2, -0.15) is 0 Å². The topological polar surface area (TPSA) is 88.5 Å². The number of rotatable bonds is 5. The van der Waals surface area contributed by atoms with Crippen molar-refractivity contribution >= 4 is 12.5 Å². The van der Waals surface area contributed by atoms with Gasteiger partial charge in [0.05, 0.1) is 17.4 Å². The molecule has 0 saturated carbocycles. The summed E-state index contributed by atoms with van der Waals surface area (Å²) in [5, 5.41) is 0. The predicted molar refractivity (Wildman–Crippen MR) is 122 cm³/mol. The standard InChI is InChI=1S/C24H33N5O3/c1-7-18-10-17(11-21(27-18)20-12-19(16(2)3)25-14-26-20)22-13-28(8-9-29(22)15-30)23(31)32-24(4,5)6/h10-12,14-16,22H,7-9,13H2,1-6H3. The zero-order chi connectivity index (χ0) is 23.5. The highest BCUT2D eigenvalue weighted by molar-refractivity contribution is 5.69. The quantitative estimate of drug-likeness (QED) is 0.655. The second-order valence-corrected chi connectivity index (χ2v) is 9.40. The molecule has 2 aromatic rings. The Morgan fingerprint density at radius 1 is 1.19 bits per heavy atom. The number of aryl methyl sites for hydroxylation is 1. The number of carbonyl (C=O) groups excluding carboxylic acids is 2. The highest BCUT2D eigenvalue weighted by Gasteiger charge is 2.32. The van der Waals surface area contributed by atoms with Crippen LogP contribution in [-0.2, 0) is 16.0 Å². The highest BCUT2D eigenvalue weighted by atomic mass is 16.6. The summed E-state index contributed by atoms with van der Waals surface area (Å²) < 4.78 is 5.55. The molecule has 2 aromatic heterocycles. The van der Waals surface area contributed by atoms with Gasteiger partial charge in [-0.25, -0.2) is 14.8 Å². The molecular formula is C24H33N5O3. The van der Waals surface area contributed by atoms with E-state index in [2.05, 4.69) is 23.8 Å². The Morgan fingerprint density at radius 3 is 2.56 bits per heavy atom. The number of nitrogens with zero attached hydrogens (tertiary/aromatic N) is 5. The van der Waals surface area contributed by atoms with Crippen molar-refractivity contribution in [1.82, 2.24) is 24.8 Å². The monoisotopic (exact) mass is 439 g/mol. The third kappa shape index (κ3) is 5.60. The van der Waals surface area contributed by atoms with Gasteiger partial charge in [-0.3, -0.25) is 9.78 Å². The third-order valence-corrected chi connectivity index (χ3v) is 5.40. The van der Waals surface area contributed by atoms with Crippen LogP contribution in [0.25, 0.3) is 11.4 Å². The Kier molecular flexibility index (Phi) is 7.11. The van der Waals surface area contributed by atoms with Crippen molar-refractivity contribution in [3.05, 3.63) is 41.5 Å². The fourth-order valence-electron chi connectivity index (χ4n) is 3.66. The van der Waals surface area contributed by atoms with Crippen molar-refractivity contribution in [2.45, 2.75) is 65.5 Å². The highest BCUT2D eigenvalue weighted by Crippen LogP contribution is 2.29. The van der Waals surface area contributed by atoms with Gasteiger partial charge >= 0.3 is 6.09 Å². The number of piperazine rings is 1. The average molecular weight is 440 g/mol. The van der Waals surface area contributed by atoms with E-state index in [-0.39, 0.29) is 18.1 Å². The first-order valence-electron chi connectivity index (χ1n) is 11.1. The number of hydrogen-bond acceptors (Lipinski definition) is 6. The first-order valence-corrected chi connectivity index (χ1v) is 11.1. The normalized spacial score (nSPS) is 16.9. The predicted octanol–water partition coefficient (Wildman–Crippen LogP) is 3.97. The second kappa shape index (κ2) is 9.63. The molecular weight excluding hydrogens is 406 g/mol. The van der Waals surface area contributed by atoms with E-state index in [1.807, 2.05) is 45.9 Å². The van der Waals surface area contributed by atoms with Crippen molar-refractivity contribution in [1.29, 1.82) is 0 Å². The van der Waals surface area contributed by atoms with E-state index in [0.717, 1.165) is 41.2 Å². The van der Waals surface area contributed by atoms with Crippen molar-refractivity contribution < 1.29 is 14.3 Å². The van der Waals surface area contributed by atoms with Crippen molar-refractivity contribution in [3.8, 4) is 11.4 Å². The summed E-state index contributed by atoms with van der Waals surface area (Å²) in [5.74, 6) is 0.275. The molecule has 32 heavy (non-hydrogen) atoms. The molecule has 1 aliphatic rings. The number of hydrogen-bond donors (Lipinski definition) is 0. The number of carbonyl (C=O) groups is 2. The minimum atomic E-state index is -0.575. The summed E-state index contributed by atoms with van der Waals surface area (Å²) in [6, 6.07) is 5.65. The summed E-state index contributed by atoms with van der Waals surface area (Å²) in [6.45, 7) is 13.0. The Labute approximate surface area is 190 Å². The Balaban J connectivity index is 1.97. The first-order chi connectivity index (χ1) is 15.1. The maximum absolute atomic E-state index is 12.7. The Morgan fingerprint density at radius 2 is 1.94 bits per heavy atom. The molecule has 2 amide bonds. The molecule has 0 aliphatic carbocycles. The van der Waals surface area contributed by atoms with E-state index in [4.69, 9.17) is 9.72 Å². The molecule has 0 radical (unpaired) electrons. The zero-order valence-electron chi connectivity index (χ0n) is 19.8. The largest absolute Gasteiger partial charge is 0.444 e. The van der Waals surface area contributed by atoms with E-state index in [0.29, 0.717) is 19.6 Å². The van der Waals surface area contributed by atoms with Crippen LogP contribution in [0.1, 0.15) is 70.5 Å². The molecule has 1 unspecified atom stereocenters. The lowest BCUT2D eigenvalue weighted by Gasteiger charge is -2.40. The molecule has 1 atom stereocenters. The Hall–Kier alpha value is -3.03. The van der Waals surface area contributed by atoms with Crippen LogP contribution in [-0.4, -0.2) is 62.5 Å². The average Bonchev–Trinajstić information content (AvgIpc) is 2.77. The van der Waals surface area contributed by atoms with Crippen LogP contribution in [0.3, 0.4) is 0 Å². The summed E-state index contributed by atoms with van der Waals surface area (Å²) >= 11 is 0. The van der Waals surface area contributed by atoms with E-state index < -0.39 is 5.60 Å². The lowest BCUT2D eigenvalue weighted by molar-refractivity contribution is -0.122. The maximum atomic E-state index is 12.7. The SMILES string of the molecule is CCc1cc(C2CN(C(=O)OC(C)(C)C)CCN2C=O)cc(-c2cc(C(C)C)ncn2)n1. The number of pyridine rings is 1. The molecule has 8 nitrogen and oxygen atoms in total. The van der Waals surface area contributed by atoms with Crippen molar-refractivity contribution in [2.24, 2.45) is 0 Å². The fourth-order valence-corrected chi connectivity index (χ4v) is 3.66. The molecule has 172 valence electrons. The van der Waals surface area contributed by atoms with Crippen LogP contribution in [0.4, 0.5) is 4.79 Å². The van der Waals surface area contributed by atoms with Gasteiger partial charge in [0.15, 0.2) is 0 Å². The van der Waals surface area contributed by atoms with E-state index in [1.165, 1.54) is 0 Å². The van der Waals surface area contributed by atoms with Crippen LogP contribution >= 0.6 is 0 Å². The molecule has 0 spiro atoms. The molecule has 1 saturated heterocycles. The summed E-state index contributed by atoms with van der Waals surface area (Å²) in [4.78, 5) is 41.5. The Bertz CT molecular complexity index is 970. The van der Waals surface area contributed by atoms with Crippen LogP contribution in [0.2, 0.25) is 0 Å². The third-order valence-electron chi connectivity index (χ3n) is 5.40. The van der Waals surface area contributed by atoms with Gasteiger partial charge in [0.1, 0.15) is 11.9 Å². The number of amides is 2. The van der Waals surface area contributed by atoms with Crippen LogP contribution in [0.5, 0.6) is 0 Å². The van der Waals surface area contributed by atoms with Crippen LogP contribution in [0.15, 0.2) is 24.5 Å².